The highest BCUT2D eigenvalue weighted by molar-refractivity contribution is 6.01. The van der Waals surface area contributed by atoms with E-state index in [0.717, 1.165) is 10.9 Å². The third-order valence-electron chi connectivity index (χ3n) is 4.50. The Bertz CT molecular complexity index is 1200. The first-order valence-electron chi connectivity index (χ1n) is 8.79. The molecule has 27 heavy (non-hydrogen) atoms. The second-order valence-electron chi connectivity index (χ2n) is 6.78. The SMILES string of the molecule is CC(C)c1cccc(NC(=O)Cn2cnc3c(oc4ccccc43)c2=O)c1. The molecule has 4 aromatic rings. The molecule has 0 saturated heterocycles. The quantitative estimate of drug-likeness (QED) is 0.598. The Morgan fingerprint density at radius 1 is 1.19 bits per heavy atom. The molecule has 0 aliphatic rings. The number of aromatic nitrogens is 2. The molecule has 2 aromatic heterocycles. The first kappa shape index (κ1) is 17.0. The van der Waals surface area contributed by atoms with E-state index < -0.39 is 0 Å². The Balaban J connectivity index is 1.60. The molecule has 1 N–H and O–H groups in total. The summed E-state index contributed by atoms with van der Waals surface area (Å²) in [6.45, 7) is 4.05. The second kappa shape index (κ2) is 6.72. The van der Waals surface area contributed by atoms with Crippen LogP contribution in [0.3, 0.4) is 0 Å². The van der Waals surface area contributed by atoms with Gasteiger partial charge in [-0.25, -0.2) is 4.98 Å². The van der Waals surface area contributed by atoms with Gasteiger partial charge in [-0.1, -0.05) is 38.1 Å². The minimum Gasteiger partial charge on any atom is -0.448 e. The number of rotatable bonds is 4. The summed E-state index contributed by atoms with van der Waals surface area (Å²) in [5.74, 6) is 0.0689. The Morgan fingerprint density at radius 3 is 2.81 bits per heavy atom. The van der Waals surface area contributed by atoms with Crippen LogP contribution in [0.2, 0.25) is 0 Å². The minimum atomic E-state index is -0.373. The van der Waals surface area contributed by atoms with Gasteiger partial charge in [-0.3, -0.25) is 14.2 Å². The lowest BCUT2D eigenvalue weighted by Crippen LogP contribution is -2.27. The van der Waals surface area contributed by atoms with Crippen molar-refractivity contribution in [2.45, 2.75) is 26.3 Å². The van der Waals surface area contributed by atoms with Crippen molar-refractivity contribution in [2.24, 2.45) is 0 Å². The van der Waals surface area contributed by atoms with E-state index in [1.165, 1.54) is 10.9 Å². The number of para-hydroxylation sites is 1. The molecular formula is C21H19N3O3. The lowest BCUT2D eigenvalue weighted by atomic mass is 10.0. The predicted molar refractivity (Wildman–Crippen MR) is 105 cm³/mol. The number of fused-ring (bicyclic) bond motifs is 3. The van der Waals surface area contributed by atoms with Crippen LogP contribution in [0.15, 0.2) is 64.1 Å². The van der Waals surface area contributed by atoms with E-state index in [1.807, 2.05) is 42.5 Å². The molecule has 0 aliphatic heterocycles. The fourth-order valence-electron chi connectivity index (χ4n) is 3.06. The highest BCUT2D eigenvalue weighted by Crippen LogP contribution is 2.24. The Labute approximate surface area is 155 Å². The molecule has 0 fully saturated rings. The highest BCUT2D eigenvalue weighted by atomic mass is 16.3. The van der Waals surface area contributed by atoms with Crippen LogP contribution in [0, 0.1) is 0 Å². The largest absolute Gasteiger partial charge is 0.448 e. The van der Waals surface area contributed by atoms with Crippen LogP contribution in [-0.4, -0.2) is 15.5 Å². The molecule has 0 unspecified atom stereocenters. The Morgan fingerprint density at radius 2 is 2.00 bits per heavy atom. The fourth-order valence-corrected chi connectivity index (χ4v) is 3.06. The maximum atomic E-state index is 12.7. The third kappa shape index (κ3) is 3.21. The number of nitrogens with one attached hydrogen (secondary N) is 1. The molecule has 6 nitrogen and oxygen atoms in total. The van der Waals surface area contributed by atoms with Crippen LogP contribution in [0.4, 0.5) is 5.69 Å². The zero-order chi connectivity index (χ0) is 19.0. The molecule has 0 saturated carbocycles. The lowest BCUT2D eigenvalue weighted by molar-refractivity contribution is -0.116. The Hall–Kier alpha value is -3.41. The average molecular weight is 361 g/mol. The summed E-state index contributed by atoms with van der Waals surface area (Å²) in [5, 5.41) is 3.61. The number of carbonyl (C=O) groups excluding carboxylic acids is 1. The van der Waals surface area contributed by atoms with E-state index in [0.29, 0.717) is 22.7 Å². The van der Waals surface area contributed by atoms with Crippen LogP contribution in [0.1, 0.15) is 25.3 Å². The van der Waals surface area contributed by atoms with E-state index in [9.17, 15) is 9.59 Å². The fraction of sp³-hybridized carbons (Fsp3) is 0.190. The maximum Gasteiger partial charge on any atom is 0.297 e. The van der Waals surface area contributed by atoms with Gasteiger partial charge < -0.3 is 9.73 Å². The molecule has 2 aromatic carbocycles. The van der Waals surface area contributed by atoms with Gasteiger partial charge in [-0.05, 0) is 35.7 Å². The molecule has 2 heterocycles. The smallest absolute Gasteiger partial charge is 0.297 e. The van der Waals surface area contributed by atoms with Crippen LogP contribution in [0.25, 0.3) is 22.1 Å². The van der Waals surface area contributed by atoms with Gasteiger partial charge in [0.25, 0.3) is 5.56 Å². The summed E-state index contributed by atoms with van der Waals surface area (Å²) in [6, 6.07) is 15.0. The van der Waals surface area contributed by atoms with Crippen molar-refractivity contribution in [3.05, 3.63) is 70.8 Å². The summed E-state index contributed by atoms with van der Waals surface area (Å²) in [6.07, 6.45) is 1.39. The van der Waals surface area contributed by atoms with Crippen molar-refractivity contribution in [3.63, 3.8) is 0 Å². The molecule has 1 amide bonds. The average Bonchev–Trinajstić information content (AvgIpc) is 3.04. The second-order valence-corrected chi connectivity index (χ2v) is 6.78. The number of nitrogens with zero attached hydrogens (tertiary/aromatic N) is 2. The monoisotopic (exact) mass is 361 g/mol. The van der Waals surface area contributed by atoms with Crippen molar-refractivity contribution in [1.82, 2.24) is 9.55 Å². The van der Waals surface area contributed by atoms with Gasteiger partial charge >= 0.3 is 0 Å². The van der Waals surface area contributed by atoms with Gasteiger partial charge in [-0.15, -0.1) is 0 Å². The summed E-state index contributed by atoms with van der Waals surface area (Å²) >= 11 is 0. The van der Waals surface area contributed by atoms with E-state index in [4.69, 9.17) is 4.42 Å². The summed E-state index contributed by atoms with van der Waals surface area (Å²) in [4.78, 5) is 29.4. The van der Waals surface area contributed by atoms with Gasteiger partial charge in [0.1, 0.15) is 17.6 Å². The van der Waals surface area contributed by atoms with E-state index in [2.05, 4.69) is 24.1 Å². The number of hydrogen-bond donors (Lipinski definition) is 1. The zero-order valence-corrected chi connectivity index (χ0v) is 15.1. The molecule has 4 rings (SSSR count). The molecule has 136 valence electrons. The number of amides is 1. The number of carbonyl (C=O) groups is 1. The normalized spacial score (nSPS) is 11.4. The van der Waals surface area contributed by atoms with Crippen molar-refractivity contribution in [3.8, 4) is 0 Å². The summed E-state index contributed by atoms with van der Waals surface area (Å²) in [7, 11) is 0. The molecule has 6 heteroatoms. The first-order valence-corrected chi connectivity index (χ1v) is 8.79. The molecular weight excluding hydrogens is 342 g/mol. The van der Waals surface area contributed by atoms with E-state index in [-0.39, 0.29) is 23.6 Å². The van der Waals surface area contributed by atoms with E-state index >= 15 is 0 Å². The molecule has 0 atom stereocenters. The van der Waals surface area contributed by atoms with Crippen LogP contribution < -0.4 is 10.9 Å². The van der Waals surface area contributed by atoms with Crippen molar-refractivity contribution >= 4 is 33.7 Å². The first-order chi connectivity index (χ1) is 13.0. The minimum absolute atomic E-state index is 0.134. The summed E-state index contributed by atoms with van der Waals surface area (Å²) in [5.41, 5.74) is 2.74. The number of hydrogen-bond acceptors (Lipinski definition) is 4. The standard InChI is InChI=1S/C21H19N3O3/c1-13(2)14-6-5-7-15(10-14)23-18(25)11-24-12-22-19-16-8-3-4-9-17(16)27-20(19)21(24)26/h3-10,12-13H,11H2,1-2H3,(H,23,25). The number of furan rings is 1. The molecule has 0 bridgehead atoms. The van der Waals surface area contributed by atoms with Gasteiger partial charge in [-0.2, -0.15) is 0 Å². The molecule has 0 aliphatic carbocycles. The van der Waals surface area contributed by atoms with Crippen LogP contribution >= 0.6 is 0 Å². The maximum absolute atomic E-state index is 12.7. The Kier molecular flexibility index (Phi) is 4.24. The predicted octanol–water partition coefficient (Wildman–Crippen LogP) is 3.90. The van der Waals surface area contributed by atoms with Gasteiger partial charge in [0, 0.05) is 11.1 Å². The van der Waals surface area contributed by atoms with E-state index in [1.54, 1.807) is 6.07 Å². The third-order valence-corrected chi connectivity index (χ3v) is 4.50. The van der Waals surface area contributed by atoms with Crippen molar-refractivity contribution in [2.75, 3.05) is 5.32 Å². The molecule has 0 radical (unpaired) electrons. The molecule has 0 spiro atoms. The number of benzene rings is 2. The van der Waals surface area contributed by atoms with Crippen molar-refractivity contribution in [1.29, 1.82) is 0 Å². The van der Waals surface area contributed by atoms with Gasteiger partial charge in [0.15, 0.2) is 0 Å². The van der Waals surface area contributed by atoms with Gasteiger partial charge in [0.05, 0.1) is 6.33 Å². The highest BCUT2D eigenvalue weighted by Gasteiger charge is 2.14. The zero-order valence-electron chi connectivity index (χ0n) is 15.1. The lowest BCUT2D eigenvalue weighted by Gasteiger charge is -2.10. The van der Waals surface area contributed by atoms with Crippen LogP contribution in [-0.2, 0) is 11.3 Å². The summed E-state index contributed by atoms with van der Waals surface area (Å²) < 4.78 is 6.89. The topological polar surface area (TPSA) is 77.1 Å². The van der Waals surface area contributed by atoms with Crippen molar-refractivity contribution < 1.29 is 9.21 Å². The number of anilines is 1. The van der Waals surface area contributed by atoms with Gasteiger partial charge in [0.2, 0.25) is 11.5 Å². The van der Waals surface area contributed by atoms with Crippen LogP contribution in [0.5, 0.6) is 0 Å².